The molecule has 0 bridgehead atoms. The molecule has 0 spiro atoms. The van der Waals surface area contributed by atoms with Gasteiger partial charge in [0.2, 0.25) is 10.0 Å². The van der Waals surface area contributed by atoms with Gasteiger partial charge in [-0.3, -0.25) is 0 Å². The molecule has 1 fully saturated rings. The molecule has 0 aliphatic carbocycles. The normalized spacial score (nSPS) is 20.9. The fraction of sp³-hybridized carbons (Fsp3) is 0.538. The molecule has 0 unspecified atom stereocenters. The van der Waals surface area contributed by atoms with E-state index in [-0.39, 0.29) is 16.0 Å². The highest BCUT2D eigenvalue weighted by atomic mass is 35.5. The lowest BCUT2D eigenvalue weighted by Crippen LogP contribution is -2.47. The summed E-state index contributed by atoms with van der Waals surface area (Å²) in [5.41, 5.74) is 5.69. The highest BCUT2D eigenvalue weighted by molar-refractivity contribution is 7.89. The van der Waals surface area contributed by atoms with Gasteiger partial charge >= 0.3 is 0 Å². The zero-order valence-corrected chi connectivity index (χ0v) is 13.0. The summed E-state index contributed by atoms with van der Waals surface area (Å²) in [6.07, 6.45) is 2.68. The topological polar surface area (TPSA) is 72.6 Å². The van der Waals surface area contributed by atoms with Gasteiger partial charge in [0, 0.05) is 19.1 Å². The quantitative estimate of drug-likeness (QED) is 0.919. The third-order valence-corrected chi connectivity index (χ3v) is 5.82. The summed E-state index contributed by atoms with van der Waals surface area (Å²) >= 11 is 6.01. The Kier molecular flexibility index (Phi) is 4.90. The lowest BCUT2D eigenvalue weighted by Gasteiger charge is -2.33. The Hall–Kier alpha value is -0.820. The molecule has 5 nitrogen and oxygen atoms in total. The lowest BCUT2D eigenvalue weighted by atomic mass is 10.1. The van der Waals surface area contributed by atoms with Gasteiger partial charge in [-0.1, -0.05) is 18.0 Å². The van der Waals surface area contributed by atoms with Crippen molar-refractivity contribution in [2.75, 3.05) is 20.2 Å². The van der Waals surface area contributed by atoms with Crippen LogP contribution < -0.4 is 10.5 Å². The van der Waals surface area contributed by atoms with Crippen LogP contribution in [0, 0.1) is 0 Å². The van der Waals surface area contributed by atoms with Crippen LogP contribution in [0.2, 0.25) is 5.02 Å². The van der Waals surface area contributed by atoms with Crippen molar-refractivity contribution in [1.82, 2.24) is 4.31 Å². The number of hydrogen-bond donors (Lipinski definition) is 1. The molecule has 0 amide bonds. The van der Waals surface area contributed by atoms with E-state index in [0.29, 0.717) is 18.8 Å². The Labute approximate surface area is 124 Å². The predicted molar refractivity (Wildman–Crippen MR) is 78.6 cm³/mol. The zero-order chi connectivity index (χ0) is 14.8. The van der Waals surface area contributed by atoms with Crippen LogP contribution >= 0.6 is 11.6 Å². The number of nitrogens with zero attached hydrogens (tertiary/aromatic N) is 1. The minimum atomic E-state index is -3.56. The van der Waals surface area contributed by atoms with Crippen molar-refractivity contribution >= 4 is 21.6 Å². The van der Waals surface area contributed by atoms with Gasteiger partial charge in [-0.2, -0.15) is 4.31 Å². The van der Waals surface area contributed by atoms with Gasteiger partial charge in [-0.25, -0.2) is 8.42 Å². The molecule has 0 aromatic heterocycles. The van der Waals surface area contributed by atoms with Crippen molar-refractivity contribution in [3.8, 4) is 5.75 Å². The number of benzene rings is 1. The number of sulfonamides is 1. The van der Waals surface area contributed by atoms with E-state index >= 15 is 0 Å². The average Bonchev–Trinajstić information content (AvgIpc) is 2.47. The molecule has 112 valence electrons. The second kappa shape index (κ2) is 6.30. The average molecular weight is 319 g/mol. The molecule has 1 aliphatic rings. The number of methoxy groups -OCH3 is 1. The maximum atomic E-state index is 12.7. The molecule has 1 aromatic carbocycles. The minimum Gasteiger partial charge on any atom is -0.495 e. The predicted octanol–water partition coefficient (Wildman–Crippen LogP) is 1.85. The molecule has 7 heteroatoms. The van der Waals surface area contributed by atoms with Gasteiger partial charge in [0.15, 0.2) is 0 Å². The molecule has 1 aliphatic heterocycles. The van der Waals surface area contributed by atoms with E-state index in [1.54, 1.807) is 6.07 Å². The number of halogens is 1. The Morgan fingerprint density at radius 3 is 2.80 bits per heavy atom. The highest BCUT2D eigenvalue weighted by Crippen LogP contribution is 2.30. The largest absolute Gasteiger partial charge is 0.495 e. The molecule has 1 heterocycles. The van der Waals surface area contributed by atoms with Crippen LogP contribution in [-0.4, -0.2) is 39.0 Å². The first-order valence-electron chi connectivity index (χ1n) is 6.56. The summed E-state index contributed by atoms with van der Waals surface area (Å²) in [4.78, 5) is 0.184. The maximum Gasteiger partial charge on any atom is 0.243 e. The zero-order valence-electron chi connectivity index (χ0n) is 11.4. The van der Waals surface area contributed by atoms with Crippen molar-refractivity contribution in [3.63, 3.8) is 0 Å². The number of ether oxygens (including phenoxy) is 1. The summed E-state index contributed by atoms with van der Waals surface area (Å²) in [7, 11) is -2.07. The van der Waals surface area contributed by atoms with Crippen LogP contribution in [-0.2, 0) is 10.0 Å². The van der Waals surface area contributed by atoms with Gasteiger partial charge in [-0.05, 0) is 31.0 Å². The molecule has 1 saturated heterocycles. The van der Waals surface area contributed by atoms with Crippen LogP contribution in [0.4, 0.5) is 0 Å². The number of nitrogens with two attached hydrogens (primary N) is 1. The van der Waals surface area contributed by atoms with Crippen molar-refractivity contribution in [1.29, 1.82) is 0 Å². The summed E-state index contributed by atoms with van der Waals surface area (Å²) in [6, 6.07) is 4.38. The van der Waals surface area contributed by atoms with E-state index in [0.717, 1.165) is 19.3 Å². The molecule has 0 saturated carbocycles. The molecule has 2 N–H and O–H groups in total. The summed E-state index contributed by atoms with van der Waals surface area (Å²) < 4.78 is 31.9. The van der Waals surface area contributed by atoms with Gasteiger partial charge in [-0.15, -0.1) is 0 Å². The molecular formula is C13H19ClN2O3S. The van der Waals surface area contributed by atoms with E-state index in [1.165, 1.54) is 23.5 Å². The second-order valence-corrected chi connectivity index (χ2v) is 7.10. The molecule has 1 aromatic rings. The van der Waals surface area contributed by atoms with Crippen LogP contribution in [0.1, 0.15) is 19.3 Å². The minimum absolute atomic E-state index is 0.130. The van der Waals surface area contributed by atoms with Gasteiger partial charge in [0.25, 0.3) is 0 Å². The van der Waals surface area contributed by atoms with Gasteiger partial charge in [0.05, 0.1) is 17.0 Å². The van der Waals surface area contributed by atoms with E-state index < -0.39 is 10.0 Å². The van der Waals surface area contributed by atoms with Crippen molar-refractivity contribution in [3.05, 3.63) is 23.2 Å². The standard InChI is InChI=1S/C13H19ClN2O3S/c1-19-13-6-5-11(8-12(13)14)20(17,18)16-7-3-2-4-10(16)9-15/h5-6,8,10H,2-4,7,9,15H2,1H3/t10-/m1/s1. The van der Waals surface area contributed by atoms with Crippen molar-refractivity contribution < 1.29 is 13.2 Å². The monoisotopic (exact) mass is 318 g/mol. The number of rotatable bonds is 4. The lowest BCUT2D eigenvalue weighted by molar-refractivity contribution is 0.257. The third kappa shape index (κ3) is 2.93. The molecule has 0 radical (unpaired) electrons. The Morgan fingerprint density at radius 2 is 2.20 bits per heavy atom. The fourth-order valence-electron chi connectivity index (χ4n) is 2.47. The van der Waals surface area contributed by atoms with Crippen LogP contribution in [0.5, 0.6) is 5.75 Å². The van der Waals surface area contributed by atoms with Crippen LogP contribution in [0.3, 0.4) is 0 Å². The van der Waals surface area contributed by atoms with E-state index in [9.17, 15) is 8.42 Å². The van der Waals surface area contributed by atoms with Crippen molar-refractivity contribution in [2.45, 2.75) is 30.2 Å². The highest BCUT2D eigenvalue weighted by Gasteiger charge is 2.32. The molecule has 1 atom stereocenters. The maximum absolute atomic E-state index is 12.7. The second-order valence-electron chi connectivity index (χ2n) is 4.80. The van der Waals surface area contributed by atoms with Crippen LogP contribution in [0.25, 0.3) is 0 Å². The molecular weight excluding hydrogens is 300 g/mol. The number of hydrogen-bond acceptors (Lipinski definition) is 4. The Bertz CT molecular complexity index is 577. The van der Waals surface area contributed by atoms with Crippen LogP contribution in [0.15, 0.2) is 23.1 Å². The van der Waals surface area contributed by atoms with E-state index in [4.69, 9.17) is 22.1 Å². The summed E-state index contributed by atoms with van der Waals surface area (Å²) in [5, 5.41) is 0.287. The first-order chi connectivity index (χ1) is 9.50. The summed E-state index contributed by atoms with van der Waals surface area (Å²) in [6.45, 7) is 0.844. The van der Waals surface area contributed by atoms with Gasteiger partial charge < -0.3 is 10.5 Å². The molecule has 20 heavy (non-hydrogen) atoms. The third-order valence-electron chi connectivity index (χ3n) is 3.58. The first-order valence-corrected chi connectivity index (χ1v) is 8.38. The fourth-order valence-corrected chi connectivity index (χ4v) is 4.52. The molecule has 2 rings (SSSR count). The first kappa shape index (κ1) is 15.6. The van der Waals surface area contributed by atoms with Crippen molar-refractivity contribution in [2.24, 2.45) is 5.73 Å². The Balaban J connectivity index is 2.36. The SMILES string of the molecule is COc1ccc(S(=O)(=O)N2CCCC[C@@H]2CN)cc1Cl. The smallest absolute Gasteiger partial charge is 0.243 e. The summed E-state index contributed by atoms with van der Waals surface area (Å²) in [5.74, 6) is 0.458. The Morgan fingerprint density at radius 1 is 1.45 bits per heavy atom. The van der Waals surface area contributed by atoms with E-state index in [2.05, 4.69) is 0 Å². The van der Waals surface area contributed by atoms with Gasteiger partial charge in [0.1, 0.15) is 5.75 Å². The number of piperidine rings is 1. The van der Waals surface area contributed by atoms with E-state index in [1.807, 2.05) is 0 Å².